The topological polar surface area (TPSA) is 95.4 Å². The summed E-state index contributed by atoms with van der Waals surface area (Å²) in [6.45, 7) is 0.167. The number of halogens is 4. The Morgan fingerprint density at radius 2 is 1.74 bits per heavy atom. The molecule has 3 aromatic carbocycles. The third-order valence-corrected chi connectivity index (χ3v) is 6.99. The van der Waals surface area contributed by atoms with Crippen molar-refractivity contribution >= 4 is 52.0 Å². The van der Waals surface area contributed by atoms with Crippen molar-refractivity contribution in [2.45, 2.75) is 19.0 Å². The fraction of sp³-hybridized carbons (Fsp3) is 0.160. The summed E-state index contributed by atoms with van der Waals surface area (Å²) in [6, 6.07) is 18.4. The van der Waals surface area contributed by atoms with Gasteiger partial charge in [-0.05, 0) is 47.9 Å². The van der Waals surface area contributed by atoms with Crippen LogP contribution in [-0.4, -0.2) is 30.0 Å². The number of amides is 1. The van der Waals surface area contributed by atoms with Crippen LogP contribution in [0.4, 0.5) is 24.7 Å². The third kappa shape index (κ3) is 6.76. The van der Waals surface area contributed by atoms with Gasteiger partial charge in [0.05, 0.1) is 28.5 Å². The van der Waals surface area contributed by atoms with E-state index in [4.69, 9.17) is 11.6 Å². The second kappa shape index (κ2) is 12.0. The van der Waals surface area contributed by atoms with Gasteiger partial charge in [0, 0.05) is 18.0 Å². The highest BCUT2D eigenvalue weighted by atomic mass is 35.5. The van der Waals surface area contributed by atoms with Crippen LogP contribution < -0.4 is 9.62 Å². The largest absolute Gasteiger partial charge is 0.416 e. The van der Waals surface area contributed by atoms with E-state index >= 15 is 0 Å². The quantitative estimate of drug-likeness (QED) is 0.235. The Morgan fingerprint density at radius 1 is 1.03 bits per heavy atom. The predicted molar refractivity (Wildman–Crippen MR) is 141 cm³/mol. The third-order valence-electron chi connectivity index (χ3n) is 5.50. The van der Waals surface area contributed by atoms with E-state index < -0.39 is 34.6 Å². The van der Waals surface area contributed by atoms with Crippen LogP contribution in [0.5, 0.6) is 0 Å². The highest BCUT2D eigenvalue weighted by Gasteiger charge is 2.34. The number of anilines is 2. The zero-order valence-corrected chi connectivity index (χ0v) is 21.9. The first kappa shape index (κ1) is 27.7. The fourth-order valence-corrected chi connectivity index (χ4v) is 5.00. The molecule has 13 heteroatoms. The number of alkyl halides is 3. The van der Waals surface area contributed by atoms with Crippen molar-refractivity contribution in [2.75, 3.05) is 10.8 Å². The lowest BCUT2D eigenvalue weighted by Gasteiger charge is -2.22. The molecule has 0 saturated carbocycles. The maximum atomic E-state index is 13.6. The van der Waals surface area contributed by atoms with Gasteiger partial charge in [-0.3, -0.25) is 9.35 Å². The molecule has 0 bridgehead atoms. The van der Waals surface area contributed by atoms with Crippen LogP contribution in [0.1, 0.15) is 32.7 Å². The Hall–Kier alpha value is -3.32. The molecule has 0 spiro atoms. The van der Waals surface area contributed by atoms with E-state index in [0.29, 0.717) is 21.8 Å². The smallest absolute Gasteiger partial charge is 0.352 e. The summed E-state index contributed by atoms with van der Waals surface area (Å²) in [5.41, 5.74) is 0.235. The number of hydrogen-bond acceptors (Lipinski definition) is 5. The van der Waals surface area contributed by atoms with Crippen molar-refractivity contribution in [1.82, 2.24) is 14.1 Å². The van der Waals surface area contributed by atoms with Gasteiger partial charge in [-0.1, -0.05) is 54.1 Å². The number of rotatable bonds is 9. The summed E-state index contributed by atoms with van der Waals surface area (Å²) in [5, 5.41) is 3.22. The average molecular weight is 581 g/mol. The van der Waals surface area contributed by atoms with Gasteiger partial charge in [0.25, 0.3) is 17.2 Å². The maximum absolute atomic E-state index is 13.6. The lowest BCUT2D eigenvalue weighted by atomic mass is 10.1. The standard InChI is InChI=1S/C25H20ClF3N4O3S2/c26-19-9-6-16(7-10-19)12-13-30-24(34)20-11-8-18(25(27,28)29)15-22(20)33(38(35)36)23-21(31-37-32-23)14-17-4-2-1-3-5-17/h1-11,15H,12-14H2,(H,30,34)(H,35,36). The minimum absolute atomic E-state index is 0.116. The number of nitrogens with zero attached hydrogens (tertiary/aromatic N) is 3. The SMILES string of the molecule is O=C(NCCc1ccc(Cl)cc1)c1ccc(C(F)(F)F)cc1N(c1nsnc1Cc1ccccc1)S(=O)O. The van der Waals surface area contributed by atoms with Gasteiger partial charge < -0.3 is 5.32 Å². The molecule has 2 N–H and O–H groups in total. The fourth-order valence-electron chi connectivity index (χ4n) is 3.66. The summed E-state index contributed by atoms with van der Waals surface area (Å²) in [5.74, 6) is -0.833. The van der Waals surface area contributed by atoms with E-state index in [9.17, 15) is 26.7 Å². The predicted octanol–water partition coefficient (Wildman–Crippen LogP) is 6.05. The van der Waals surface area contributed by atoms with Crippen LogP contribution in [0, 0.1) is 0 Å². The molecule has 1 unspecified atom stereocenters. The monoisotopic (exact) mass is 580 g/mol. The Morgan fingerprint density at radius 3 is 2.39 bits per heavy atom. The summed E-state index contributed by atoms with van der Waals surface area (Å²) >= 11 is 3.75. The molecular formula is C25H20ClF3N4O3S2. The molecule has 0 fully saturated rings. The van der Waals surface area contributed by atoms with Crippen LogP contribution in [0.15, 0.2) is 72.8 Å². The normalized spacial score (nSPS) is 12.2. The number of nitrogens with one attached hydrogen (secondary N) is 1. The number of carbonyl (C=O) groups excluding carboxylic acids is 1. The minimum atomic E-state index is -4.76. The first-order valence-electron chi connectivity index (χ1n) is 11.1. The number of aromatic nitrogens is 2. The molecule has 7 nitrogen and oxygen atoms in total. The van der Waals surface area contributed by atoms with E-state index in [1.54, 1.807) is 36.4 Å². The average Bonchev–Trinajstić information content (AvgIpc) is 3.32. The molecule has 1 heterocycles. The summed E-state index contributed by atoms with van der Waals surface area (Å²) in [7, 11) is 0. The highest BCUT2D eigenvalue weighted by Crippen LogP contribution is 2.37. The lowest BCUT2D eigenvalue weighted by molar-refractivity contribution is -0.137. The van der Waals surface area contributed by atoms with E-state index in [1.165, 1.54) is 0 Å². The van der Waals surface area contributed by atoms with Gasteiger partial charge >= 0.3 is 6.18 Å². The molecular weight excluding hydrogens is 561 g/mol. The van der Waals surface area contributed by atoms with Gasteiger partial charge in [-0.2, -0.15) is 21.9 Å². The molecule has 1 amide bonds. The number of hydrogen-bond donors (Lipinski definition) is 2. The van der Waals surface area contributed by atoms with Crippen molar-refractivity contribution in [2.24, 2.45) is 0 Å². The van der Waals surface area contributed by atoms with Gasteiger partial charge in [-0.15, -0.1) is 0 Å². The van der Waals surface area contributed by atoms with Crippen molar-refractivity contribution in [1.29, 1.82) is 0 Å². The highest BCUT2D eigenvalue weighted by molar-refractivity contribution is 7.81. The van der Waals surface area contributed by atoms with Crippen LogP contribution in [0.2, 0.25) is 5.02 Å². The maximum Gasteiger partial charge on any atom is 0.416 e. The second-order valence-corrected chi connectivity index (χ2v) is 9.88. The van der Waals surface area contributed by atoms with Crippen molar-refractivity contribution in [3.8, 4) is 0 Å². The van der Waals surface area contributed by atoms with Gasteiger partial charge in [0.1, 0.15) is 5.69 Å². The molecule has 4 rings (SSSR count). The molecule has 38 heavy (non-hydrogen) atoms. The Bertz CT molecular complexity index is 1430. The molecule has 0 aliphatic rings. The van der Waals surface area contributed by atoms with Gasteiger partial charge in [-0.25, -0.2) is 8.51 Å². The lowest BCUT2D eigenvalue weighted by Crippen LogP contribution is -2.30. The molecule has 0 saturated heterocycles. The van der Waals surface area contributed by atoms with Crippen LogP contribution in [-0.2, 0) is 30.3 Å². The second-order valence-electron chi connectivity index (χ2n) is 8.08. The van der Waals surface area contributed by atoms with Crippen molar-refractivity contribution < 1.29 is 26.7 Å². The minimum Gasteiger partial charge on any atom is -0.352 e. The first-order chi connectivity index (χ1) is 18.1. The van der Waals surface area contributed by atoms with Crippen molar-refractivity contribution in [3.05, 3.63) is 106 Å². The molecule has 1 aromatic heterocycles. The van der Waals surface area contributed by atoms with E-state index in [0.717, 1.165) is 35.0 Å². The van der Waals surface area contributed by atoms with Gasteiger partial charge in [0.15, 0.2) is 5.82 Å². The van der Waals surface area contributed by atoms with Crippen LogP contribution in [0.25, 0.3) is 0 Å². The molecule has 0 aliphatic carbocycles. The molecule has 1 atom stereocenters. The van der Waals surface area contributed by atoms with Crippen molar-refractivity contribution in [3.63, 3.8) is 0 Å². The van der Waals surface area contributed by atoms with Gasteiger partial charge in [0.2, 0.25) is 0 Å². The molecule has 198 valence electrons. The Labute approximate surface area is 228 Å². The van der Waals surface area contributed by atoms with E-state index in [2.05, 4.69) is 14.1 Å². The van der Waals surface area contributed by atoms with E-state index in [-0.39, 0.29) is 30.0 Å². The number of benzene rings is 3. The molecule has 4 aromatic rings. The zero-order chi connectivity index (χ0) is 27.3. The first-order valence-corrected chi connectivity index (χ1v) is 13.3. The Kier molecular flexibility index (Phi) is 8.77. The van der Waals surface area contributed by atoms with Crippen LogP contribution >= 0.6 is 23.3 Å². The molecule has 0 aliphatic heterocycles. The Balaban J connectivity index is 1.68. The summed E-state index contributed by atoms with van der Waals surface area (Å²) < 4.78 is 72.5. The van der Waals surface area contributed by atoms with Crippen LogP contribution in [0.3, 0.4) is 0 Å². The summed E-state index contributed by atoms with van der Waals surface area (Å²) in [6.07, 6.45) is -4.11. The number of carbonyl (C=O) groups is 1. The summed E-state index contributed by atoms with van der Waals surface area (Å²) in [4.78, 5) is 13.1. The van der Waals surface area contributed by atoms with E-state index in [1.807, 2.05) is 18.2 Å². The zero-order valence-electron chi connectivity index (χ0n) is 19.5. The molecule has 0 radical (unpaired) electrons.